The molecule has 7 nitrogen and oxygen atoms in total. The quantitative estimate of drug-likeness (QED) is 0.344. The minimum absolute atomic E-state index is 0.0343. The fraction of sp³-hybridized carbons (Fsp3) is 0.207. The molecule has 1 aliphatic rings. The predicted octanol–water partition coefficient (Wildman–Crippen LogP) is 4.77. The second kappa shape index (κ2) is 12.0. The molecule has 9 heteroatoms. The highest BCUT2D eigenvalue weighted by Crippen LogP contribution is 2.22. The van der Waals surface area contributed by atoms with E-state index in [2.05, 4.69) is 44.8 Å². The Labute approximate surface area is 224 Å². The number of benzene rings is 3. The van der Waals surface area contributed by atoms with E-state index in [1.54, 1.807) is 22.4 Å². The second-order valence-electron chi connectivity index (χ2n) is 9.08. The zero-order valence-corrected chi connectivity index (χ0v) is 21.6. The maximum absolute atomic E-state index is 13.1. The number of nitrogens with zero attached hydrogens (tertiary/aromatic N) is 3. The molecule has 0 unspecified atom stereocenters. The zero-order valence-electron chi connectivity index (χ0n) is 20.8. The van der Waals surface area contributed by atoms with Gasteiger partial charge in [-0.25, -0.2) is 9.37 Å². The van der Waals surface area contributed by atoms with Crippen molar-refractivity contribution in [3.8, 4) is 11.1 Å². The lowest BCUT2D eigenvalue weighted by molar-refractivity contribution is -0.122. The van der Waals surface area contributed by atoms with E-state index in [1.807, 2.05) is 30.3 Å². The summed E-state index contributed by atoms with van der Waals surface area (Å²) >= 11 is 1.33. The van der Waals surface area contributed by atoms with Gasteiger partial charge in [0.05, 0.1) is 6.54 Å². The summed E-state index contributed by atoms with van der Waals surface area (Å²) in [5.41, 5.74) is 4.44. The number of piperazine rings is 1. The minimum Gasteiger partial charge on any atom is -0.351 e. The highest BCUT2D eigenvalue weighted by atomic mass is 32.1. The van der Waals surface area contributed by atoms with E-state index in [0.717, 1.165) is 16.7 Å². The summed E-state index contributed by atoms with van der Waals surface area (Å²) in [6.07, 6.45) is 0. The average molecular weight is 530 g/mol. The molecular formula is C29H28FN5O2S. The van der Waals surface area contributed by atoms with Gasteiger partial charge in [0.2, 0.25) is 5.91 Å². The predicted molar refractivity (Wildman–Crippen MR) is 148 cm³/mol. The topological polar surface area (TPSA) is 77.6 Å². The normalized spacial score (nSPS) is 13.8. The summed E-state index contributed by atoms with van der Waals surface area (Å²) in [6, 6.07) is 24.4. The molecule has 0 atom stereocenters. The third-order valence-electron chi connectivity index (χ3n) is 6.40. The fourth-order valence-corrected chi connectivity index (χ4v) is 4.97. The Balaban J connectivity index is 1.05. The van der Waals surface area contributed by atoms with Crippen molar-refractivity contribution in [2.24, 2.45) is 0 Å². The summed E-state index contributed by atoms with van der Waals surface area (Å²) in [4.78, 5) is 33.6. The highest BCUT2D eigenvalue weighted by molar-refractivity contribution is 7.14. The van der Waals surface area contributed by atoms with E-state index < -0.39 is 0 Å². The first-order chi connectivity index (χ1) is 18.5. The van der Waals surface area contributed by atoms with Gasteiger partial charge in [-0.3, -0.25) is 14.5 Å². The molecule has 5 rings (SSSR count). The van der Waals surface area contributed by atoms with Crippen LogP contribution >= 0.6 is 11.3 Å². The third kappa shape index (κ3) is 6.62. The molecule has 38 heavy (non-hydrogen) atoms. The fourth-order valence-electron chi connectivity index (χ4n) is 4.26. The molecule has 4 aromatic rings. The Morgan fingerprint density at radius 2 is 1.55 bits per heavy atom. The third-order valence-corrected chi connectivity index (χ3v) is 7.15. The van der Waals surface area contributed by atoms with E-state index in [0.29, 0.717) is 55.8 Å². The SMILES string of the molecule is O=C(CN1CCN(C(=O)c2csc(Nc3ccc(F)cc3)n2)CC1)NCc1ccc(-c2ccccc2)cc1. The van der Waals surface area contributed by atoms with Gasteiger partial charge >= 0.3 is 0 Å². The largest absolute Gasteiger partial charge is 0.351 e. The number of aromatic nitrogens is 1. The molecule has 194 valence electrons. The number of hydrogen-bond acceptors (Lipinski definition) is 6. The first-order valence-corrected chi connectivity index (χ1v) is 13.3. The van der Waals surface area contributed by atoms with Crippen LogP contribution in [0.2, 0.25) is 0 Å². The molecule has 1 aliphatic heterocycles. The summed E-state index contributed by atoms with van der Waals surface area (Å²) in [5, 5.41) is 8.38. The van der Waals surface area contributed by atoms with E-state index in [4.69, 9.17) is 0 Å². The smallest absolute Gasteiger partial charge is 0.273 e. The number of nitrogens with one attached hydrogen (secondary N) is 2. The minimum atomic E-state index is -0.309. The van der Waals surface area contributed by atoms with Crippen LogP contribution in [0.25, 0.3) is 11.1 Å². The van der Waals surface area contributed by atoms with Gasteiger partial charge in [0.25, 0.3) is 5.91 Å². The van der Waals surface area contributed by atoms with E-state index >= 15 is 0 Å². The molecular weight excluding hydrogens is 501 g/mol. The zero-order chi connectivity index (χ0) is 26.3. The summed E-state index contributed by atoms with van der Waals surface area (Å²) in [6.45, 7) is 3.08. The van der Waals surface area contributed by atoms with Crippen molar-refractivity contribution < 1.29 is 14.0 Å². The molecule has 0 saturated carbocycles. The number of anilines is 2. The van der Waals surface area contributed by atoms with E-state index in [-0.39, 0.29) is 17.6 Å². The van der Waals surface area contributed by atoms with Crippen LogP contribution in [-0.2, 0) is 11.3 Å². The average Bonchev–Trinajstić information content (AvgIpc) is 3.42. The van der Waals surface area contributed by atoms with Crippen molar-refractivity contribution >= 4 is 34.0 Å². The monoisotopic (exact) mass is 529 g/mol. The Hall–Kier alpha value is -4.08. The molecule has 1 aromatic heterocycles. The number of rotatable bonds is 8. The van der Waals surface area contributed by atoms with E-state index in [9.17, 15) is 14.0 Å². The van der Waals surface area contributed by atoms with Crippen LogP contribution in [0.3, 0.4) is 0 Å². The molecule has 0 bridgehead atoms. The van der Waals surface area contributed by atoms with Crippen LogP contribution in [0.1, 0.15) is 16.1 Å². The van der Waals surface area contributed by atoms with Crippen LogP contribution in [0.4, 0.5) is 15.2 Å². The number of hydrogen-bond donors (Lipinski definition) is 2. The Bertz CT molecular complexity index is 1370. The number of carbonyl (C=O) groups is 2. The summed E-state index contributed by atoms with van der Waals surface area (Å²) in [7, 11) is 0. The van der Waals surface area contributed by atoms with Crippen molar-refractivity contribution in [3.63, 3.8) is 0 Å². The first kappa shape index (κ1) is 25.6. The lowest BCUT2D eigenvalue weighted by atomic mass is 10.0. The van der Waals surface area contributed by atoms with Gasteiger partial charge in [0.15, 0.2) is 5.13 Å². The van der Waals surface area contributed by atoms with E-state index in [1.165, 1.54) is 23.5 Å². The molecule has 1 saturated heterocycles. The summed E-state index contributed by atoms with van der Waals surface area (Å²) < 4.78 is 13.1. The standard InChI is InChI=1S/C29H28FN5O2S/c30-24-10-12-25(13-11-24)32-29-33-26(20-38-29)28(37)35-16-14-34(15-17-35)19-27(36)31-18-21-6-8-23(9-7-21)22-4-2-1-3-5-22/h1-13,20H,14-19H2,(H,31,36)(H,32,33). The van der Waals surface area contributed by atoms with Crippen molar-refractivity contribution in [2.75, 3.05) is 38.0 Å². The molecule has 2 heterocycles. The molecule has 0 spiro atoms. The van der Waals surface area contributed by atoms with Crippen LogP contribution in [0, 0.1) is 5.82 Å². The van der Waals surface area contributed by atoms with Gasteiger partial charge in [-0.2, -0.15) is 0 Å². The molecule has 2 N–H and O–H groups in total. The molecule has 0 radical (unpaired) electrons. The molecule has 3 aromatic carbocycles. The molecule has 1 fully saturated rings. The van der Waals surface area contributed by atoms with Gasteiger partial charge < -0.3 is 15.5 Å². The maximum Gasteiger partial charge on any atom is 0.273 e. The van der Waals surface area contributed by atoms with Gasteiger partial charge in [0, 0.05) is 43.8 Å². The van der Waals surface area contributed by atoms with Crippen LogP contribution in [-0.4, -0.2) is 59.3 Å². The van der Waals surface area contributed by atoms with Crippen molar-refractivity contribution in [1.82, 2.24) is 20.1 Å². The van der Waals surface area contributed by atoms with Crippen LogP contribution < -0.4 is 10.6 Å². The highest BCUT2D eigenvalue weighted by Gasteiger charge is 2.25. The van der Waals surface area contributed by atoms with Gasteiger partial charge in [-0.15, -0.1) is 11.3 Å². The summed E-state index contributed by atoms with van der Waals surface area (Å²) in [5.74, 6) is -0.472. The number of halogens is 1. The second-order valence-corrected chi connectivity index (χ2v) is 9.94. The van der Waals surface area contributed by atoms with Gasteiger partial charge in [0.1, 0.15) is 11.5 Å². The maximum atomic E-state index is 13.1. The first-order valence-electron chi connectivity index (χ1n) is 12.4. The van der Waals surface area contributed by atoms with Crippen molar-refractivity contribution in [3.05, 3.63) is 101 Å². The lowest BCUT2D eigenvalue weighted by Crippen LogP contribution is -2.51. The molecule has 0 aliphatic carbocycles. The Morgan fingerprint density at radius 1 is 0.868 bits per heavy atom. The Morgan fingerprint density at radius 3 is 2.26 bits per heavy atom. The van der Waals surface area contributed by atoms with Crippen molar-refractivity contribution in [2.45, 2.75) is 6.54 Å². The Kier molecular flexibility index (Phi) is 8.06. The van der Waals surface area contributed by atoms with Crippen LogP contribution in [0.15, 0.2) is 84.2 Å². The lowest BCUT2D eigenvalue weighted by Gasteiger charge is -2.33. The number of amides is 2. The van der Waals surface area contributed by atoms with Gasteiger partial charge in [-0.05, 0) is 41.0 Å². The number of thiazole rings is 1. The molecule has 2 amide bonds. The number of carbonyl (C=O) groups excluding carboxylic acids is 2. The van der Waals surface area contributed by atoms with Crippen molar-refractivity contribution in [1.29, 1.82) is 0 Å². The van der Waals surface area contributed by atoms with Crippen LogP contribution in [0.5, 0.6) is 0 Å². The van der Waals surface area contributed by atoms with Gasteiger partial charge in [-0.1, -0.05) is 54.6 Å².